The molecule has 0 unspecified atom stereocenters. The molecule has 1 amide bonds. The highest BCUT2D eigenvalue weighted by Crippen LogP contribution is 2.39. The second-order valence-corrected chi connectivity index (χ2v) is 9.51. The number of hydrogen-bond acceptors (Lipinski definition) is 7. The van der Waals surface area contributed by atoms with Gasteiger partial charge in [0.05, 0.1) is 33.6 Å². The first-order valence-corrected chi connectivity index (χ1v) is 11.9. The SMILES string of the molecule is CC(C)OC(=O)N1CCC[C@@H](Nc2ncc3nc(Nc4c(Cl)cc(C(F)(F)F)cc4Cl)n(C)c3n2)C1. The van der Waals surface area contributed by atoms with Crippen LogP contribution in [0.3, 0.4) is 0 Å². The number of carbonyl (C=O) groups excluding carboxylic acids is 1. The highest BCUT2D eigenvalue weighted by atomic mass is 35.5. The van der Waals surface area contributed by atoms with E-state index in [2.05, 4.69) is 25.6 Å². The fourth-order valence-electron chi connectivity index (χ4n) is 3.85. The molecule has 194 valence electrons. The minimum Gasteiger partial charge on any atom is -0.447 e. The normalized spacial score (nSPS) is 16.5. The Kier molecular flexibility index (Phi) is 7.37. The summed E-state index contributed by atoms with van der Waals surface area (Å²) in [7, 11) is 1.69. The summed E-state index contributed by atoms with van der Waals surface area (Å²) in [4.78, 5) is 27.2. The standard InChI is InChI=1S/C22H24Cl2F3N7O2/c1-11(2)36-21(35)34-6-4-5-13(10-34)29-19-28-9-16-18(32-19)33(3)20(30-16)31-17-14(23)7-12(8-15(17)24)22(25,26)27/h7-9,11,13H,4-6,10H2,1-3H3,(H,30,31)(H,28,29,32)/t13-/m1/s1. The van der Waals surface area contributed by atoms with Crippen LogP contribution in [0.25, 0.3) is 11.2 Å². The molecule has 0 spiro atoms. The van der Waals surface area contributed by atoms with Gasteiger partial charge in [0.25, 0.3) is 0 Å². The van der Waals surface area contributed by atoms with E-state index in [0.29, 0.717) is 30.2 Å². The molecule has 0 radical (unpaired) electrons. The minimum atomic E-state index is -4.58. The van der Waals surface area contributed by atoms with Gasteiger partial charge >= 0.3 is 12.3 Å². The van der Waals surface area contributed by atoms with Gasteiger partial charge in [-0.05, 0) is 38.8 Å². The molecule has 1 aromatic carbocycles. The number of halogens is 5. The molecular weight excluding hydrogens is 522 g/mol. The van der Waals surface area contributed by atoms with Crippen LogP contribution in [0.2, 0.25) is 10.0 Å². The number of aromatic nitrogens is 4. The Bertz CT molecular complexity index is 1260. The van der Waals surface area contributed by atoms with Gasteiger partial charge in [0.2, 0.25) is 11.9 Å². The van der Waals surface area contributed by atoms with Crippen molar-refractivity contribution >= 4 is 58.0 Å². The van der Waals surface area contributed by atoms with Gasteiger partial charge in [0.1, 0.15) is 5.52 Å². The third-order valence-electron chi connectivity index (χ3n) is 5.57. The number of likely N-dealkylation sites (tertiary alicyclic amines) is 1. The van der Waals surface area contributed by atoms with Crippen LogP contribution in [-0.4, -0.2) is 55.7 Å². The molecule has 2 N–H and O–H groups in total. The summed E-state index contributed by atoms with van der Waals surface area (Å²) in [5, 5.41) is 5.74. The van der Waals surface area contributed by atoms with Crippen LogP contribution in [0.15, 0.2) is 18.3 Å². The second-order valence-electron chi connectivity index (χ2n) is 8.70. The molecule has 1 aliphatic heterocycles. The molecule has 1 fully saturated rings. The average Bonchev–Trinajstić information content (AvgIpc) is 3.10. The zero-order valence-electron chi connectivity index (χ0n) is 19.7. The highest BCUT2D eigenvalue weighted by Gasteiger charge is 2.32. The lowest BCUT2D eigenvalue weighted by atomic mass is 10.1. The summed E-state index contributed by atoms with van der Waals surface area (Å²) < 4.78 is 46.0. The van der Waals surface area contributed by atoms with E-state index in [1.807, 2.05) is 0 Å². The van der Waals surface area contributed by atoms with Gasteiger partial charge in [0.15, 0.2) is 5.65 Å². The van der Waals surface area contributed by atoms with E-state index < -0.39 is 11.7 Å². The van der Waals surface area contributed by atoms with Gasteiger partial charge in [-0.1, -0.05) is 23.2 Å². The van der Waals surface area contributed by atoms with Crippen LogP contribution in [0.1, 0.15) is 32.3 Å². The number of alkyl halides is 3. The van der Waals surface area contributed by atoms with E-state index in [-0.39, 0.29) is 39.9 Å². The number of aryl methyl sites for hydroxylation is 1. The Labute approximate surface area is 214 Å². The average molecular weight is 546 g/mol. The quantitative estimate of drug-likeness (QED) is 0.414. The molecule has 4 rings (SSSR count). The van der Waals surface area contributed by atoms with Crippen molar-refractivity contribution in [3.05, 3.63) is 33.9 Å². The van der Waals surface area contributed by atoms with Crippen molar-refractivity contribution in [2.45, 2.75) is 45.0 Å². The van der Waals surface area contributed by atoms with Crippen LogP contribution >= 0.6 is 23.2 Å². The van der Waals surface area contributed by atoms with Gasteiger partial charge in [-0.15, -0.1) is 0 Å². The fourth-order valence-corrected chi connectivity index (χ4v) is 4.43. The molecule has 1 aliphatic rings. The number of nitrogens with one attached hydrogen (secondary N) is 2. The van der Waals surface area contributed by atoms with E-state index in [0.717, 1.165) is 25.0 Å². The number of ether oxygens (including phenoxy) is 1. The van der Waals surface area contributed by atoms with Crippen LogP contribution in [-0.2, 0) is 18.0 Å². The Morgan fingerprint density at radius 1 is 1.22 bits per heavy atom. The third kappa shape index (κ3) is 5.70. The lowest BCUT2D eigenvalue weighted by molar-refractivity contribution is -0.137. The number of benzene rings is 1. The van der Waals surface area contributed by atoms with Crippen molar-refractivity contribution in [1.29, 1.82) is 0 Å². The monoisotopic (exact) mass is 545 g/mol. The van der Waals surface area contributed by atoms with Gasteiger partial charge in [-0.2, -0.15) is 18.2 Å². The molecule has 2 aromatic heterocycles. The number of hydrogen-bond donors (Lipinski definition) is 2. The summed E-state index contributed by atoms with van der Waals surface area (Å²) in [5.74, 6) is 0.618. The van der Waals surface area contributed by atoms with Crippen LogP contribution < -0.4 is 10.6 Å². The summed E-state index contributed by atoms with van der Waals surface area (Å²) in [6.45, 7) is 4.68. The van der Waals surface area contributed by atoms with Crippen LogP contribution in [0.4, 0.5) is 35.5 Å². The zero-order chi connectivity index (χ0) is 26.2. The lowest BCUT2D eigenvalue weighted by Gasteiger charge is -2.32. The van der Waals surface area contributed by atoms with Crippen molar-refractivity contribution in [2.24, 2.45) is 7.05 Å². The Hall–Kier alpha value is -2.99. The first-order valence-electron chi connectivity index (χ1n) is 11.2. The van der Waals surface area contributed by atoms with Crippen LogP contribution in [0.5, 0.6) is 0 Å². The van der Waals surface area contributed by atoms with Gasteiger partial charge in [0, 0.05) is 26.2 Å². The zero-order valence-corrected chi connectivity index (χ0v) is 21.2. The Balaban J connectivity index is 1.52. The molecule has 1 atom stereocenters. The molecule has 1 saturated heterocycles. The van der Waals surface area contributed by atoms with E-state index in [1.54, 1.807) is 30.4 Å². The van der Waals surface area contributed by atoms with Crippen molar-refractivity contribution in [3.63, 3.8) is 0 Å². The van der Waals surface area contributed by atoms with E-state index >= 15 is 0 Å². The molecule has 36 heavy (non-hydrogen) atoms. The maximum Gasteiger partial charge on any atom is 0.416 e. The minimum absolute atomic E-state index is 0.0634. The van der Waals surface area contributed by atoms with Crippen molar-refractivity contribution in [1.82, 2.24) is 24.4 Å². The molecule has 0 aliphatic carbocycles. The molecule has 9 nitrogen and oxygen atoms in total. The number of rotatable bonds is 5. The van der Waals surface area contributed by atoms with E-state index in [9.17, 15) is 18.0 Å². The van der Waals surface area contributed by atoms with Gasteiger partial charge in [-0.25, -0.2) is 14.8 Å². The summed E-state index contributed by atoms with van der Waals surface area (Å²) in [6, 6.07) is 1.53. The number of nitrogens with zero attached hydrogens (tertiary/aromatic N) is 5. The van der Waals surface area contributed by atoms with Crippen LogP contribution in [0, 0.1) is 0 Å². The smallest absolute Gasteiger partial charge is 0.416 e. The maximum absolute atomic E-state index is 13.0. The number of amides is 1. The summed E-state index contributed by atoms with van der Waals surface area (Å²) >= 11 is 12.2. The van der Waals surface area contributed by atoms with Crippen molar-refractivity contribution in [2.75, 3.05) is 23.7 Å². The first-order chi connectivity index (χ1) is 16.9. The predicted octanol–water partition coefficient (Wildman–Crippen LogP) is 5.85. The summed E-state index contributed by atoms with van der Waals surface area (Å²) in [5.41, 5.74) is 0.0662. The first kappa shape index (κ1) is 26.1. The molecule has 0 bridgehead atoms. The number of carbonyl (C=O) groups is 1. The van der Waals surface area contributed by atoms with Crippen molar-refractivity contribution < 1.29 is 22.7 Å². The molecule has 3 heterocycles. The maximum atomic E-state index is 13.0. The summed E-state index contributed by atoms with van der Waals surface area (Å²) in [6.07, 6.45) is -1.96. The Morgan fingerprint density at radius 3 is 2.56 bits per heavy atom. The third-order valence-corrected chi connectivity index (χ3v) is 6.16. The lowest BCUT2D eigenvalue weighted by Crippen LogP contribution is -2.46. The molecule has 14 heteroatoms. The molecule has 3 aromatic rings. The number of imidazole rings is 1. The second kappa shape index (κ2) is 10.2. The Morgan fingerprint density at radius 2 is 1.92 bits per heavy atom. The van der Waals surface area contributed by atoms with E-state index in [4.69, 9.17) is 27.9 Å². The highest BCUT2D eigenvalue weighted by molar-refractivity contribution is 6.39. The van der Waals surface area contributed by atoms with Gasteiger partial charge in [-0.3, -0.25) is 4.57 Å². The van der Waals surface area contributed by atoms with Gasteiger partial charge < -0.3 is 20.3 Å². The molecule has 0 saturated carbocycles. The number of anilines is 3. The fraction of sp³-hybridized carbons (Fsp3) is 0.455. The number of fused-ring (bicyclic) bond motifs is 1. The predicted molar refractivity (Wildman–Crippen MR) is 131 cm³/mol. The largest absolute Gasteiger partial charge is 0.447 e. The topological polar surface area (TPSA) is 97.2 Å². The number of piperidine rings is 1. The molecular formula is C22H24Cl2F3N7O2. The van der Waals surface area contributed by atoms with Crippen molar-refractivity contribution in [3.8, 4) is 0 Å². The van der Waals surface area contributed by atoms with E-state index in [1.165, 1.54) is 6.20 Å².